The van der Waals surface area contributed by atoms with Gasteiger partial charge in [0.15, 0.2) is 0 Å². The van der Waals surface area contributed by atoms with E-state index >= 15 is 0 Å². The summed E-state index contributed by atoms with van der Waals surface area (Å²) in [6.07, 6.45) is 5.68. The Bertz CT molecular complexity index is 1190. The number of para-hydroxylation sites is 1. The number of aromatic nitrogens is 2. The van der Waals surface area contributed by atoms with E-state index in [1.165, 1.54) is 23.9 Å². The monoisotopic (exact) mass is 465 g/mol. The molecule has 5 rings (SSSR count). The number of halogens is 1. The van der Waals surface area contributed by atoms with E-state index in [4.69, 9.17) is 22.1 Å². The highest BCUT2D eigenvalue weighted by Gasteiger charge is 2.35. The number of benzene rings is 2. The highest BCUT2D eigenvalue weighted by molar-refractivity contribution is 8.26. The number of nitrogens with zero attached hydrogens (tertiary/aromatic N) is 3. The summed E-state index contributed by atoms with van der Waals surface area (Å²) in [5, 5.41) is 4.73. The molecule has 0 aliphatic carbocycles. The minimum atomic E-state index is -0.312. The van der Waals surface area contributed by atoms with Crippen molar-refractivity contribution >= 4 is 40.3 Å². The average Bonchev–Trinajstić information content (AvgIpc) is 3.53. The number of thiocarbonyl (C=S) groups is 1. The van der Waals surface area contributed by atoms with Gasteiger partial charge in [0.05, 0.1) is 28.9 Å². The van der Waals surface area contributed by atoms with E-state index in [-0.39, 0.29) is 17.8 Å². The topological polar surface area (TPSA) is 47.4 Å². The van der Waals surface area contributed by atoms with Crippen LogP contribution in [0.2, 0.25) is 0 Å². The van der Waals surface area contributed by atoms with Gasteiger partial charge in [-0.3, -0.25) is 9.69 Å². The van der Waals surface area contributed by atoms with Crippen LogP contribution in [0, 0.1) is 5.82 Å². The van der Waals surface area contributed by atoms with Crippen molar-refractivity contribution in [2.45, 2.75) is 18.9 Å². The van der Waals surface area contributed by atoms with Crippen LogP contribution in [0.5, 0.6) is 0 Å². The fourth-order valence-corrected chi connectivity index (χ4v) is 5.09. The highest BCUT2D eigenvalue weighted by atomic mass is 32.2. The predicted octanol–water partition coefficient (Wildman–Crippen LogP) is 5.06. The van der Waals surface area contributed by atoms with Crippen molar-refractivity contribution in [1.29, 1.82) is 0 Å². The standard InChI is InChI=1S/C24H20FN3O2S2/c25-18-10-8-16(9-11-18)22-17(14-28(26-22)19-5-2-1-3-6-19)13-21-23(29)27(24(31)32-21)15-20-7-4-12-30-20/h1-3,5-6,8-11,13-14,20H,4,7,12,15H2/b21-13+. The largest absolute Gasteiger partial charge is 0.376 e. The minimum absolute atomic E-state index is 0.0347. The van der Waals surface area contributed by atoms with Gasteiger partial charge in [0, 0.05) is 23.9 Å². The van der Waals surface area contributed by atoms with E-state index in [1.54, 1.807) is 21.7 Å². The molecule has 0 radical (unpaired) electrons. The molecule has 32 heavy (non-hydrogen) atoms. The molecule has 0 bridgehead atoms. The lowest BCUT2D eigenvalue weighted by Crippen LogP contribution is -2.35. The summed E-state index contributed by atoms with van der Waals surface area (Å²) < 4.78 is 21.5. The van der Waals surface area contributed by atoms with Crippen molar-refractivity contribution in [1.82, 2.24) is 14.7 Å². The number of hydrogen-bond acceptors (Lipinski definition) is 5. The molecule has 3 aromatic rings. The molecule has 5 nitrogen and oxygen atoms in total. The van der Waals surface area contributed by atoms with Crippen molar-refractivity contribution in [3.8, 4) is 16.9 Å². The maximum absolute atomic E-state index is 13.5. The van der Waals surface area contributed by atoms with E-state index < -0.39 is 0 Å². The van der Waals surface area contributed by atoms with Gasteiger partial charge in [-0.2, -0.15) is 5.10 Å². The summed E-state index contributed by atoms with van der Waals surface area (Å²) in [5.41, 5.74) is 3.08. The summed E-state index contributed by atoms with van der Waals surface area (Å²) in [4.78, 5) is 15.3. The van der Waals surface area contributed by atoms with Gasteiger partial charge in [-0.15, -0.1) is 0 Å². The SMILES string of the molecule is O=C1/C(=C\c2cn(-c3ccccc3)nc2-c2ccc(F)cc2)SC(=S)N1CC1CCCO1. The van der Waals surface area contributed by atoms with Gasteiger partial charge < -0.3 is 4.74 Å². The third-order valence-corrected chi connectivity index (χ3v) is 6.83. The van der Waals surface area contributed by atoms with Crippen LogP contribution >= 0.6 is 24.0 Å². The minimum Gasteiger partial charge on any atom is -0.376 e. The first kappa shape index (κ1) is 21.1. The van der Waals surface area contributed by atoms with Gasteiger partial charge in [0.1, 0.15) is 10.1 Å². The Morgan fingerprint density at radius 2 is 1.97 bits per heavy atom. The first-order chi connectivity index (χ1) is 15.6. The van der Waals surface area contributed by atoms with Gasteiger partial charge in [-0.25, -0.2) is 9.07 Å². The Morgan fingerprint density at radius 1 is 1.19 bits per heavy atom. The predicted molar refractivity (Wildman–Crippen MR) is 128 cm³/mol. The first-order valence-corrected chi connectivity index (χ1v) is 11.6. The third kappa shape index (κ3) is 4.26. The zero-order valence-electron chi connectivity index (χ0n) is 17.1. The Kier molecular flexibility index (Phi) is 5.91. The highest BCUT2D eigenvalue weighted by Crippen LogP contribution is 2.35. The van der Waals surface area contributed by atoms with Gasteiger partial charge in [0.2, 0.25) is 0 Å². The number of carbonyl (C=O) groups excluding carboxylic acids is 1. The van der Waals surface area contributed by atoms with Crippen LogP contribution in [0.15, 0.2) is 65.7 Å². The van der Waals surface area contributed by atoms with Gasteiger partial charge in [-0.1, -0.05) is 42.2 Å². The van der Waals surface area contributed by atoms with Crippen molar-refractivity contribution in [3.05, 3.63) is 77.1 Å². The molecule has 2 saturated heterocycles. The van der Waals surface area contributed by atoms with E-state index in [1.807, 2.05) is 42.6 Å². The fraction of sp³-hybridized carbons (Fsp3) is 0.208. The quantitative estimate of drug-likeness (QED) is 0.389. The average molecular weight is 466 g/mol. The van der Waals surface area contributed by atoms with Crippen LogP contribution in [0.4, 0.5) is 4.39 Å². The molecule has 1 aromatic heterocycles. The third-order valence-electron chi connectivity index (χ3n) is 5.45. The molecule has 8 heteroatoms. The van der Waals surface area contributed by atoms with Crippen molar-refractivity contribution in [2.75, 3.05) is 13.2 Å². The number of carbonyl (C=O) groups is 1. The molecule has 3 heterocycles. The molecule has 1 unspecified atom stereocenters. The zero-order valence-corrected chi connectivity index (χ0v) is 18.7. The second-order valence-electron chi connectivity index (χ2n) is 7.65. The molecule has 0 N–H and O–H groups in total. The molecular formula is C24H20FN3O2S2. The van der Waals surface area contributed by atoms with Crippen molar-refractivity contribution in [3.63, 3.8) is 0 Å². The Hall–Kier alpha value is -2.81. The van der Waals surface area contributed by atoms with E-state index in [9.17, 15) is 9.18 Å². The molecule has 1 atom stereocenters. The van der Waals surface area contributed by atoms with Gasteiger partial charge in [-0.05, 0) is 55.3 Å². The van der Waals surface area contributed by atoms with Crippen LogP contribution in [0.25, 0.3) is 23.0 Å². The lowest BCUT2D eigenvalue weighted by Gasteiger charge is -2.18. The maximum atomic E-state index is 13.5. The molecule has 2 aliphatic rings. The molecule has 162 valence electrons. The Balaban J connectivity index is 1.51. The molecule has 2 fully saturated rings. The number of amides is 1. The number of rotatable bonds is 5. The molecule has 1 amide bonds. The van der Waals surface area contributed by atoms with Gasteiger partial charge >= 0.3 is 0 Å². The normalized spacial score (nSPS) is 20.0. The second-order valence-corrected chi connectivity index (χ2v) is 9.32. The fourth-order valence-electron chi connectivity index (χ4n) is 3.83. The van der Waals surface area contributed by atoms with E-state index in [2.05, 4.69) is 0 Å². The number of hydrogen-bond donors (Lipinski definition) is 0. The van der Waals surface area contributed by atoms with Crippen molar-refractivity contribution < 1.29 is 13.9 Å². The summed E-state index contributed by atoms with van der Waals surface area (Å²) in [7, 11) is 0. The number of thioether (sulfide) groups is 1. The lowest BCUT2D eigenvalue weighted by molar-refractivity contribution is -0.123. The van der Waals surface area contributed by atoms with Crippen LogP contribution < -0.4 is 0 Å². The van der Waals surface area contributed by atoms with Gasteiger partial charge in [0.25, 0.3) is 5.91 Å². The molecule has 2 aromatic carbocycles. The van der Waals surface area contributed by atoms with E-state index in [0.717, 1.165) is 36.3 Å². The molecule has 0 saturated carbocycles. The Morgan fingerprint density at radius 3 is 2.69 bits per heavy atom. The van der Waals surface area contributed by atoms with Crippen LogP contribution in [0.3, 0.4) is 0 Å². The molecule has 0 spiro atoms. The molecular weight excluding hydrogens is 445 g/mol. The first-order valence-electron chi connectivity index (χ1n) is 10.4. The zero-order chi connectivity index (χ0) is 22.1. The van der Waals surface area contributed by atoms with Crippen LogP contribution in [-0.2, 0) is 9.53 Å². The Labute approximate surface area is 194 Å². The summed E-state index contributed by atoms with van der Waals surface area (Å²) in [5.74, 6) is -0.430. The maximum Gasteiger partial charge on any atom is 0.266 e. The van der Waals surface area contributed by atoms with Crippen molar-refractivity contribution in [2.24, 2.45) is 0 Å². The van der Waals surface area contributed by atoms with Crippen LogP contribution in [-0.4, -0.2) is 44.2 Å². The van der Waals surface area contributed by atoms with Crippen LogP contribution in [0.1, 0.15) is 18.4 Å². The van der Waals surface area contributed by atoms with E-state index in [0.29, 0.717) is 21.5 Å². The number of ether oxygens (including phenoxy) is 1. The summed E-state index contributed by atoms with van der Waals surface area (Å²) in [6.45, 7) is 1.21. The molecule has 2 aliphatic heterocycles. The smallest absolute Gasteiger partial charge is 0.266 e. The lowest BCUT2D eigenvalue weighted by atomic mass is 10.1. The summed E-state index contributed by atoms with van der Waals surface area (Å²) in [6, 6.07) is 15.9. The second kappa shape index (κ2) is 8.97. The summed E-state index contributed by atoms with van der Waals surface area (Å²) >= 11 is 6.76.